The number of H-pyrrole nitrogens is 1. The molecule has 7 heteroatoms. The third-order valence-electron chi connectivity index (χ3n) is 3.57. The highest BCUT2D eigenvalue weighted by molar-refractivity contribution is 9.10. The molecule has 0 radical (unpaired) electrons. The highest BCUT2D eigenvalue weighted by Crippen LogP contribution is 2.19. The number of nitrogens with one attached hydrogen (secondary N) is 2. The van der Waals surface area contributed by atoms with Gasteiger partial charge in [0.2, 0.25) is 0 Å². The lowest BCUT2D eigenvalue weighted by atomic mass is 10.1. The first-order chi connectivity index (χ1) is 12.2. The van der Waals surface area contributed by atoms with Crippen molar-refractivity contribution in [1.82, 2.24) is 15.4 Å². The summed E-state index contributed by atoms with van der Waals surface area (Å²) in [6.07, 6.45) is 2.60. The number of hydrogen-bond acceptors (Lipinski definition) is 4. The minimum Gasteiger partial charge on any atom is -0.333 e. The van der Waals surface area contributed by atoms with Crippen LogP contribution in [0, 0.1) is 0 Å². The third-order valence-corrected chi connectivity index (χ3v) is 5.18. The monoisotopic (exact) mass is 416 g/mol. The van der Waals surface area contributed by atoms with Crippen molar-refractivity contribution in [2.45, 2.75) is 18.5 Å². The minimum atomic E-state index is -0.175. The first-order valence-corrected chi connectivity index (χ1v) is 9.61. The lowest BCUT2D eigenvalue weighted by Gasteiger charge is -2.02. The molecule has 0 unspecified atom stereocenters. The average molecular weight is 417 g/mol. The summed E-state index contributed by atoms with van der Waals surface area (Å²) in [6.45, 7) is 2.10. The van der Waals surface area contributed by atoms with Gasteiger partial charge in [-0.2, -0.15) is 5.10 Å². The maximum Gasteiger partial charge on any atom is 0.250 e. The van der Waals surface area contributed by atoms with E-state index in [4.69, 9.17) is 0 Å². The molecule has 0 bridgehead atoms. The number of hydrogen-bond donors (Lipinski definition) is 2. The second kappa shape index (κ2) is 8.31. The predicted octanol–water partition coefficient (Wildman–Crippen LogP) is 4.13. The van der Waals surface area contributed by atoms with E-state index in [0.29, 0.717) is 0 Å². The molecule has 3 rings (SSSR count). The molecule has 3 aromatic rings. The molecule has 0 aliphatic carbocycles. The van der Waals surface area contributed by atoms with E-state index in [2.05, 4.69) is 43.3 Å². The SMILES string of the molecule is CCc1ccc(/C=N/NC(=O)CSc2nc3ccccc3[nH]2)cc1Br. The fourth-order valence-electron chi connectivity index (χ4n) is 2.27. The van der Waals surface area contributed by atoms with E-state index in [9.17, 15) is 4.79 Å². The normalized spacial score (nSPS) is 11.3. The summed E-state index contributed by atoms with van der Waals surface area (Å²) >= 11 is 4.88. The highest BCUT2D eigenvalue weighted by atomic mass is 79.9. The highest BCUT2D eigenvalue weighted by Gasteiger charge is 2.06. The van der Waals surface area contributed by atoms with Crippen LogP contribution in [-0.4, -0.2) is 27.8 Å². The molecular weight excluding hydrogens is 400 g/mol. The van der Waals surface area contributed by atoms with Crippen LogP contribution in [-0.2, 0) is 11.2 Å². The van der Waals surface area contributed by atoms with Crippen molar-refractivity contribution < 1.29 is 4.79 Å². The second-order valence-electron chi connectivity index (χ2n) is 5.35. The minimum absolute atomic E-state index is 0.175. The smallest absolute Gasteiger partial charge is 0.250 e. The maximum absolute atomic E-state index is 11.9. The number of amides is 1. The van der Waals surface area contributed by atoms with Crippen LogP contribution in [0.4, 0.5) is 0 Å². The first kappa shape index (κ1) is 17.7. The number of para-hydroxylation sites is 2. The number of benzene rings is 2. The van der Waals surface area contributed by atoms with Gasteiger partial charge in [0.05, 0.1) is 23.0 Å². The van der Waals surface area contributed by atoms with E-state index in [1.54, 1.807) is 6.21 Å². The first-order valence-electron chi connectivity index (χ1n) is 7.83. The number of fused-ring (bicyclic) bond motifs is 1. The Hall–Kier alpha value is -2.12. The molecule has 128 valence electrons. The van der Waals surface area contributed by atoms with Crippen LogP contribution in [0.25, 0.3) is 11.0 Å². The molecular formula is C18H17BrN4OS. The summed E-state index contributed by atoms with van der Waals surface area (Å²) in [5, 5.41) is 4.73. The summed E-state index contributed by atoms with van der Waals surface area (Å²) in [4.78, 5) is 19.5. The number of aromatic nitrogens is 2. The fraction of sp³-hybridized carbons (Fsp3) is 0.167. The number of rotatable bonds is 6. The number of halogens is 1. The Kier molecular flexibility index (Phi) is 5.88. The van der Waals surface area contributed by atoms with Crippen LogP contribution >= 0.6 is 27.7 Å². The summed E-state index contributed by atoms with van der Waals surface area (Å²) in [5.74, 6) is 0.0706. The Morgan fingerprint density at radius 2 is 2.20 bits per heavy atom. The summed E-state index contributed by atoms with van der Waals surface area (Å²) in [5.41, 5.74) is 6.56. The molecule has 0 saturated heterocycles. The predicted molar refractivity (Wildman–Crippen MR) is 106 cm³/mol. The van der Waals surface area contributed by atoms with Crippen molar-refractivity contribution >= 4 is 50.8 Å². The Morgan fingerprint density at radius 3 is 2.96 bits per heavy atom. The zero-order chi connectivity index (χ0) is 17.6. The largest absolute Gasteiger partial charge is 0.333 e. The van der Waals surface area contributed by atoms with E-state index in [-0.39, 0.29) is 11.7 Å². The van der Waals surface area contributed by atoms with Crippen LogP contribution in [0.3, 0.4) is 0 Å². The van der Waals surface area contributed by atoms with Crippen LogP contribution in [0.15, 0.2) is 57.2 Å². The molecule has 1 aromatic heterocycles. The van der Waals surface area contributed by atoms with Crippen molar-refractivity contribution in [3.8, 4) is 0 Å². The number of aromatic amines is 1. The maximum atomic E-state index is 11.9. The number of carbonyl (C=O) groups excluding carboxylic acids is 1. The molecule has 0 aliphatic heterocycles. The fourth-order valence-corrected chi connectivity index (χ4v) is 3.63. The van der Waals surface area contributed by atoms with E-state index in [1.165, 1.54) is 17.3 Å². The molecule has 0 spiro atoms. The Labute approximate surface area is 158 Å². The molecule has 0 saturated carbocycles. The molecule has 25 heavy (non-hydrogen) atoms. The molecule has 0 fully saturated rings. The number of carbonyl (C=O) groups is 1. The zero-order valence-corrected chi connectivity index (χ0v) is 16.0. The number of hydrazone groups is 1. The van der Waals surface area contributed by atoms with Gasteiger partial charge in [0.1, 0.15) is 0 Å². The lowest BCUT2D eigenvalue weighted by molar-refractivity contribution is -0.118. The number of aryl methyl sites for hydroxylation is 1. The zero-order valence-electron chi connectivity index (χ0n) is 13.6. The van der Waals surface area contributed by atoms with Gasteiger partial charge in [-0.25, -0.2) is 10.4 Å². The molecule has 2 aromatic carbocycles. The van der Waals surface area contributed by atoms with Crippen molar-refractivity contribution in [2.75, 3.05) is 5.75 Å². The van der Waals surface area contributed by atoms with Gasteiger partial charge in [0, 0.05) is 4.47 Å². The Balaban J connectivity index is 1.51. The van der Waals surface area contributed by atoms with E-state index in [0.717, 1.165) is 32.6 Å². The Morgan fingerprint density at radius 1 is 1.36 bits per heavy atom. The van der Waals surface area contributed by atoms with Crippen molar-refractivity contribution in [3.05, 3.63) is 58.1 Å². The van der Waals surface area contributed by atoms with E-state index < -0.39 is 0 Å². The summed E-state index contributed by atoms with van der Waals surface area (Å²) in [6, 6.07) is 13.8. The topological polar surface area (TPSA) is 70.1 Å². The third kappa shape index (κ3) is 4.70. The quantitative estimate of drug-likeness (QED) is 0.360. The van der Waals surface area contributed by atoms with Gasteiger partial charge in [-0.1, -0.05) is 58.9 Å². The molecule has 5 nitrogen and oxygen atoms in total. The van der Waals surface area contributed by atoms with Crippen molar-refractivity contribution in [1.29, 1.82) is 0 Å². The van der Waals surface area contributed by atoms with Gasteiger partial charge in [-0.3, -0.25) is 4.79 Å². The van der Waals surface area contributed by atoms with Gasteiger partial charge < -0.3 is 4.98 Å². The lowest BCUT2D eigenvalue weighted by Crippen LogP contribution is -2.19. The van der Waals surface area contributed by atoms with Gasteiger partial charge in [-0.15, -0.1) is 0 Å². The van der Waals surface area contributed by atoms with Gasteiger partial charge in [-0.05, 0) is 35.7 Å². The van der Waals surface area contributed by atoms with Crippen LogP contribution < -0.4 is 5.43 Å². The molecule has 2 N–H and O–H groups in total. The Bertz CT molecular complexity index is 889. The van der Waals surface area contributed by atoms with Crippen LogP contribution in [0.2, 0.25) is 0 Å². The summed E-state index contributed by atoms with van der Waals surface area (Å²) < 4.78 is 1.05. The number of thioether (sulfide) groups is 1. The number of nitrogens with zero attached hydrogens (tertiary/aromatic N) is 2. The van der Waals surface area contributed by atoms with E-state index in [1.807, 2.05) is 42.5 Å². The molecule has 0 aliphatic rings. The molecule has 0 atom stereocenters. The summed E-state index contributed by atoms with van der Waals surface area (Å²) in [7, 11) is 0. The van der Waals surface area contributed by atoms with Gasteiger partial charge in [0.25, 0.3) is 5.91 Å². The van der Waals surface area contributed by atoms with Crippen LogP contribution in [0.1, 0.15) is 18.1 Å². The van der Waals surface area contributed by atoms with Crippen molar-refractivity contribution in [2.24, 2.45) is 5.10 Å². The van der Waals surface area contributed by atoms with E-state index >= 15 is 0 Å². The molecule has 1 amide bonds. The number of imidazole rings is 1. The second-order valence-corrected chi connectivity index (χ2v) is 7.16. The van der Waals surface area contributed by atoms with Gasteiger partial charge >= 0.3 is 0 Å². The van der Waals surface area contributed by atoms with Crippen LogP contribution in [0.5, 0.6) is 0 Å². The van der Waals surface area contributed by atoms with Gasteiger partial charge in [0.15, 0.2) is 5.16 Å². The van der Waals surface area contributed by atoms with Crippen molar-refractivity contribution in [3.63, 3.8) is 0 Å². The standard InChI is InChI=1S/C18H17BrN4OS/c1-2-13-8-7-12(9-14(13)19)10-20-23-17(24)11-25-18-21-15-5-3-4-6-16(15)22-18/h3-10H,2,11H2,1H3,(H,21,22)(H,23,24)/b20-10+. The molecule has 1 heterocycles. The average Bonchev–Trinajstić information content (AvgIpc) is 3.03.